The van der Waals surface area contributed by atoms with Gasteiger partial charge in [-0.1, -0.05) is 11.3 Å². The Morgan fingerprint density at radius 3 is 2.24 bits per heavy atom. The van der Waals surface area contributed by atoms with Crippen LogP contribution in [-0.4, -0.2) is 41.0 Å². The molecule has 2 heterocycles. The van der Waals surface area contributed by atoms with Gasteiger partial charge in [0.1, 0.15) is 4.88 Å². The van der Waals surface area contributed by atoms with E-state index in [1.807, 2.05) is 0 Å². The van der Waals surface area contributed by atoms with Gasteiger partial charge < -0.3 is 14.2 Å². The summed E-state index contributed by atoms with van der Waals surface area (Å²) in [5.41, 5.74) is -0.0283. The van der Waals surface area contributed by atoms with Gasteiger partial charge in [-0.25, -0.2) is 19.4 Å². The summed E-state index contributed by atoms with van der Waals surface area (Å²) in [4.78, 5) is 39.8. The van der Waals surface area contributed by atoms with Gasteiger partial charge in [0, 0.05) is 11.8 Å². The van der Waals surface area contributed by atoms with Crippen molar-refractivity contribution in [2.45, 2.75) is 51.0 Å². The lowest BCUT2D eigenvalue weighted by molar-refractivity contribution is -0.308. The lowest BCUT2D eigenvalue weighted by Crippen LogP contribution is -2.65. The van der Waals surface area contributed by atoms with E-state index in [0.717, 1.165) is 32.1 Å². The van der Waals surface area contributed by atoms with Crippen molar-refractivity contribution in [3.63, 3.8) is 0 Å². The molecule has 4 bridgehead atoms. The molecule has 6 rings (SSSR count). The zero-order chi connectivity index (χ0) is 23.5. The number of hydrazone groups is 1. The molecule has 0 aromatic carbocycles. The first-order valence-electron chi connectivity index (χ1n) is 10.7. The third-order valence-electron chi connectivity index (χ3n) is 6.79. The van der Waals surface area contributed by atoms with E-state index in [2.05, 4.69) is 20.2 Å². The number of esters is 3. The molecule has 4 aliphatic carbocycles. The zero-order valence-corrected chi connectivity index (χ0v) is 18.3. The second-order valence-electron chi connectivity index (χ2n) is 8.79. The van der Waals surface area contributed by atoms with E-state index in [-0.39, 0.29) is 18.4 Å². The van der Waals surface area contributed by atoms with Gasteiger partial charge in [-0.05, 0) is 50.9 Å². The molecule has 1 saturated heterocycles. The molecule has 0 radical (unpaired) electrons. The minimum Gasteiger partial charge on any atom is -0.462 e. The lowest BCUT2D eigenvalue weighted by atomic mass is 9.53. The Morgan fingerprint density at radius 2 is 1.73 bits per heavy atom. The maximum Gasteiger partial charge on any atom is 0.435 e. The van der Waals surface area contributed by atoms with Crippen LogP contribution in [0.25, 0.3) is 0 Å². The second kappa shape index (κ2) is 7.67. The first-order chi connectivity index (χ1) is 15.6. The van der Waals surface area contributed by atoms with E-state index in [9.17, 15) is 27.6 Å². The predicted molar refractivity (Wildman–Crippen MR) is 106 cm³/mol. The molecule has 13 heteroatoms. The van der Waals surface area contributed by atoms with Gasteiger partial charge in [0.25, 0.3) is 11.5 Å². The smallest absolute Gasteiger partial charge is 0.435 e. The van der Waals surface area contributed by atoms with Crippen LogP contribution in [0.5, 0.6) is 0 Å². The second-order valence-corrected chi connectivity index (χ2v) is 9.79. The molecule has 178 valence electrons. The van der Waals surface area contributed by atoms with Crippen molar-refractivity contribution in [1.82, 2.24) is 4.98 Å². The molecule has 1 aromatic heterocycles. The number of nitrogens with zero attached hydrogens (tertiary/aromatic N) is 2. The summed E-state index contributed by atoms with van der Waals surface area (Å²) in [5, 5.41) is 3.15. The van der Waals surface area contributed by atoms with Crippen LogP contribution < -0.4 is 5.43 Å². The molecule has 1 spiro atoms. The predicted octanol–water partition coefficient (Wildman–Crippen LogP) is 3.36. The van der Waals surface area contributed by atoms with Gasteiger partial charge in [0.15, 0.2) is 5.69 Å². The molecule has 9 nitrogen and oxygen atoms in total. The molecular formula is C20H20F3N3O6S. The van der Waals surface area contributed by atoms with Gasteiger partial charge in [0.2, 0.25) is 5.13 Å². The van der Waals surface area contributed by atoms with E-state index in [1.54, 1.807) is 0 Å². The molecular weight excluding hydrogens is 467 g/mol. The van der Waals surface area contributed by atoms with Crippen molar-refractivity contribution in [3.05, 3.63) is 10.6 Å². The average Bonchev–Trinajstić information content (AvgIpc) is 3.16. The highest BCUT2D eigenvalue weighted by Crippen LogP contribution is 2.60. The number of hydrogen-bond donors (Lipinski definition) is 1. The Morgan fingerprint density at radius 1 is 1.15 bits per heavy atom. The molecule has 0 unspecified atom stereocenters. The van der Waals surface area contributed by atoms with Crippen LogP contribution in [0.3, 0.4) is 0 Å². The number of aromatic nitrogens is 1. The van der Waals surface area contributed by atoms with Crippen molar-refractivity contribution in [2.75, 3.05) is 12.0 Å². The monoisotopic (exact) mass is 487 g/mol. The third-order valence-corrected chi connectivity index (χ3v) is 7.73. The molecule has 0 atom stereocenters. The third kappa shape index (κ3) is 3.65. The molecule has 1 aromatic rings. The topological polar surface area (TPSA) is 116 Å². The van der Waals surface area contributed by atoms with Crippen LogP contribution in [-0.2, 0) is 30.0 Å². The van der Waals surface area contributed by atoms with Crippen LogP contribution in [0.2, 0.25) is 0 Å². The number of carbonyl (C=O) groups excluding carboxylic acids is 3. The highest BCUT2D eigenvalue weighted by Gasteiger charge is 2.64. The van der Waals surface area contributed by atoms with Crippen molar-refractivity contribution in [3.8, 4) is 0 Å². The molecule has 1 N–H and O–H groups in total. The Kier molecular flexibility index (Phi) is 5.14. The van der Waals surface area contributed by atoms with Crippen molar-refractivity contribution in [2.24, 2.45) is 28.8 Å². The fraction of sp³-hybridized carbons (Fsp3) is 0.650. The van der Waals surface area contributed by atoms with E-state index in [1.165, 1.54) is 6.92 Å². The number of carbonyl (C=O) groups is 3. The summed E-state index contributed by atoms with van der Waals surface area (Å²) >= 11 is 0.338. The van der Waals surface area contributed by atoms with Crippen LogP contribution >= 0.6 is 11.3 Å². The first-order valence-corrected chi connectivity index (χ1v) is 11.5. The van der Waals surface area contributed by atoms with Gasteiger partial charge in [-0.3, -0.25) is 5.43 Å². The first kappa shape index (κ1) is 22.1. The Balaban J connectivity index is 1.36. The molecule has 5 fully saturated rings. The van der Waals surface area contributed by atoms with E-state index in [0.29, 0.717) is 23.2 Å². The molecule has 0 amide bonds. The van der Waals surface area contributed by atoms with Crippen molar-refractivity contribution < 1.29 is 41.8 Å². The Labute approximate surface area is 189 Å². The quantitative estimate of drug-likeness (QED) is 0.508. The van der Waals surface area contributed by atoms with E-state index >= 15 is 0 Å². The lowest BCUT2D eigenvalue weighted by Gasteiger charge is -2.59. The number of nitrogens with one attached hydrogen (secondary N) is 1. The number of halogens is 3. The minimum atomic E-state index is -4.92. The molecule has 5 aliphatic rings. The zero-order valence-electron chi connectivity index (χ0n) is 17.4. The number of rotatable bonds is 4. The van der Waals surface area contributed by atoms with Crippen LogP contribution in [0.15, 0.2) is 5.10 Å². The number of anilines is 1. The molecule has 33 heavy (non-hydrogen) atoms. The largest absolute Gasteiger partial charge is 0.462 e. The fourth-order valence-electron chi connectivity index (χ4n) is 5.76. The van der Waals surface area contributed by atoms with Crippen LogP contribution in [0.1, 0.15) is 54.4 Å². The van der Waals surface area contributed by atoms with Crippen molar-refractivity contribution >= 4 is 40.1 Å². The highest BCUT2D eigenvalue weighted by atomic mass is 32.1. The number of thiazole rings is 1. The van der Waals surface area contributed by atoms with Gasteiger partial charge >= 0.3 is 24.1 Å². The average molecular weight is 487 g/mol. The highest BCUT2D eigenvalue weighted by molar-refractivity contribution is 7.17. The Bertz CT molecular complexity index is 1000. The van der Waals surface area contributed by atoms with Gasteiger partial charge in [-0.15, -0.1) is 0 Å². The number of ether oxygens (including phenoxy) is 3. The maximum atomic E-state index is 13.3. The van der Waals surface area contributed by atoms with E-state index in [4.69, 9.17) is 9.47 Å². The normalized spacial score (nSPS) is 32.5. The van der Waals surface area contributed by atoms with Gasteiger partial charge in [0.05, 0.1) is 6.61 Å². The minimum absolute atomic E-state index is 0.0587. The number of hydrogen-bond acceptors (Lipinski definition) is 10. The summed E-state index contributed by atoms with van der Waals surface area (Å²) in [6.07, 6.45) is -0.450. The van der Waals surface area contributed by atoms with Crippen LogP contribution in [0, 0.1) is 23.7 Å². The molecule has 4 saturated carbocycles. The Hall–Kier alpha value is -2.70. The summed E-state index contributed by atoms with van der Waals surface area (Å²) in [6.45, 7) is 1.33. The summed E-state index contributed by atoms with van der Waals surface area (Å²) < 4.78 is 55.7. The maximum absolute atomic E-state index is 13.3. The fourth-order valence-corrected chi connectivity index (χ4v) is 6.58. The van der Waals surface area contributed by atoms with Gasteiger partial charge in [-0.2, -0.15) is 18.3 Å². The summed E-state index contributed by atoms with van der Waals surface area (Å²) in [5.74, 6) is -3.49. The molecule has 1 aliphatic heterocycles. The summed E-state index contributed by atoms with van der Waals surface area (Å²) in [6, 6.07) is 0. The standard InChI is InChI=1S/C20H20F3N3O6S/c1-2-30-17(29)13-14(20(21,22)23)24-18(33-13)26-25-12-15(27)31-19(32-16(12)28)10-4-8-3-9(6-10)7-11(19)5-8/h8-11H,2-7H2,1H3,(H,24,26). The van der Waals surface area contributed by atoms with Crippen LogP contribution in [0.4, 0.5) is 18.3 Å². The SMILES string of the molecule is CCOC(=O)c1sc(NN=C2C(=O)OC3(OC2=O)C2CC4CC(C2)CC3C4)nc1C(F)(F)F. The van der Waals surface area contributed by atoms with Crippen molar-refractivity contribution in [1.29, 1.82) is 0 Å². The summed E-state index contributed by atoms with van der Waals surface area (Å²) in [7, 11) is 0. The number of alkyl halides is 3. The van der Waals surface area contributed by atoms with E-state index < -0.39 is 51.3 Å².